The Bertz CT molecular complexity index is 135. The van der Waals surface area contributed by atoms with Crippen molar-refractivity contribution in [2.75, 3.05) is 13.2 Å². The standard InChI is InChI=1S/C10H21NO/c1-10(2,3)9(7-12)11-6-8-4-5-8/h8-9,11-12H,4-7H2,1-3H3. The van der Waals surface area contributed by atoms with E-state index in [1.54, 1.807) is 0 Å². The maximum Gasteiger partial charge on any atom is 0.0589 e. The van der Waals surface area contributed by atoms with Crippen molar-refractivity contribution in [2.45, 2.75) is 39.7 Å². The smallest absolute Gasteiger partial charge is 0.0589 e. The third-order valence-corrected chi connectivity index (χ3v) is 2.58. The van der Waals surface area contributed by atoms with Gasteiger partial charge in [-0.2, -0.15) is 0 Å². The molecule has 1 unspecified atom stereocenters. The van der Waals surface area contributed by atoms with E-state index in [2.05, 4.69) is 26.1 Å². The van der Waals surface area contributed by atoms with Crippen molar-refractivity contribution in [3.63, 3.8) is 0 Å². The number of aliphatic hydroxyl groups is 1. The molecule has 1 saturated carbocycles. The van der Waals surface area contributed by atoms with E-state index in [1.165, 1.54) is 12.8 Å². The van der Waals surface area contributed by atoms with Crippen LogP contribution in [-0.4, -0.2) is 24.3 Å². The minimum atomic E-state index is 0.170. The average molecular weight is 171 g/mol. The molecule has 1 fully saturated rings. The lowest BCUT2D eigenvalue weighted by atomic mass is 9.87. The van der Waals surface area contributed by atoms with Crippen molar-refractivity contribution in [3.8, 4) is 0 Å². The second-order valence-electron chi connectivity index (χ2n) is 4.95. The topological polar surface area (TPSA) is 32.3 Å². The lowest BCUT2D eigenvalue weighted by molar-refractivity contribution is 0.158. The van der Waals surface area contributed by atoms with Gasteiger partial charge in [-0.25, -0.2) is 0 Å². The molecule has 12 heavy (non-hydrogen) atoms. The van der Waals surface area contributed by atoms with Crippen LogP contribution < -0.4 is 5.32 Å². The van der Waals surface area contributed by atoms with E-state index >= 15 is 0 Å². The Morgan fingerprint density at radius 1 is 1.42 bits per heavy atom. The molecule has 0 heterocycles. The molecule has 0 aromatic carbocycles. The Morgan fingerprint density at radius 2 is 2.00 bits per heavy atom. The number of nitrogens with one attached hydrogen (secondary N) is 1. The van der Waals surface area contributed by atoms with Crippen LogP contribution in [-0.2, 0) is 0 Å². The zero-order chi connectivity index (χ0) is 9.19. The molecule has 0 bridgehead atoms. The maximum atomic E-state index is 9.13. The second kappa shape index (κ2) is 3.75. The van der Waals surface area contributed by atoms with Crippen LogP contribution in [0.25, 0.3) is 0 Å². The lowest BCUT2D eigenvalue weighted by Crippen LogP contribution is -2.43. The highest BCUT2D eigenvalue weighted by Gasteiger charge is 2.27. The molecule has 1 aliphatic rings. The van der Waals surface area contributed by atoms with E-state index in [0.29, 0.717) is 0 Å². The Hall–Kier alpha value is -0.0800. The van der Waals surface area contributed by atoms with E-state index in [9.17, 15) is 0 Å². The van der Waals surface area contributed by atoms with Gasteiger partial charge in [-0.1, -0.05) is 20.8 Å². The third-order valence-electron chi connectivity index (χ3n) is 2.58. The molecule has 1 atom stereocenters. The summed E-state index contributed by atoms with van der Waals surface area (Å²) < 4.78 is 0. The fourth-order valence-corrected chi connectivity index (χ4v) is 1.28. The predicted molar refractivity (Wildman–Crippen MR) is 51.1 cm³/mol. The normalized spacial score (nSPS) is 21.0. The third kappa shape index (κ3) is 3.11. The van der Waals surface area contributed by atoms with Gasteiger partial charge in [-0.15, -0.1) is 0 Å². The van der Waals surface area contributed by atoms with Crippen LogP contribution in [0.2, 0.25) is 0 Å². The van der Waals surface area contributed by atoms with Crippen LogP contribution >= 0.6 is 0 Å². The van der Waals surface area contributed by atoms with Crippen molar-refractivity contribution in [3.05, 3.63) is 0 Å². The first-order chi connectivity index (χ1) is 5.54. The highest BCUT2D eigenvalue weighted by atomic mass is 16.3. The quantitative estimate of drug-likeness (QED) is 0.670. The van der Waals surface area contributed by atoms with Gasteiger partial charge < -0.3 is 10.4 Å². The van der Waals surface area contributed by atoms with Crippen LogP contribution in [0.4, 0.5) is 0 Å². The average Bonchev–Trinajstić information content (AvgIpc) is 2.69. The SMILES string of the molecule is CC(C)(C)C(CO)NCC1CC1. The van der Waals surface area contributed by atoms with Crippen LogP contribution in [0.3, 0.4) is 0 Å². The predicted octanol–water partition coefficient (Wildman–Crippen LogP) is 1.39. The Labute approximate surface area is 75.4 Å². The fourth-order valence-electron chi connectivity index (χ4n) is 1.28. The fraction of sp³-hybridized carbons (Fsp3) is 1.00. The summed E-state index contributed by atoms with van der Waals surface area (Å²) >= 11 is 0. The van der Waals surface area contributed by atoms with Crippen LogP contribution in [0, 0.1) is 11.3 Å². The Morgan fingerprint density at radius 3 is 2.33 bits per heavy atom. The van der Waals surface area contributed by atoms with Crippen molar-refractivity contribution in [1.29, 1.82) is 0 Å². The van der Waals surface area contributed by atoms with E-state index in [4.69, 9.17) is 5.11 Å². The molecule has 72 valence electrons. The molecule has 0 aromatic rings. The van der Waals surface area contributed by atoms with Crippen LogP contribution in [0.15, 0.2) is 0 Å². The number of hydrogen-bond acceptors (Lipinski definition) is 2. The molecule has 0 saturated heterocycles. The molecule has 1 rings (SSSR count). The van der Waals surface area contributed by atoms with Gasteiger partial charge in [0, 0.05) is 6.04 Å². The minimum Gasteiger partial charge on any atom is -0.395 e. The number of hydrogen-bond donors (Lipinski definition) is 2. The van der Waals surface area contributed by atoms with Gasteiger partial charge in [0.15, 0.2) is 0 Å². The van der Waals surface area contributed by atoms with Gasteiger partial charge >= 0.3 is 0 Å². The molecule has 2 N–H and O–H groups in total. The van der Waals surface area contributed by atoms with Crippen molar-refractivity contribution in [2.24, 2.45) is 11.3 Å². The molecular formula is C10H21NO. The summed E-state index contributed by atoms with van der Waals surface area (Å²) in [7, 11) is 0. The van der Waals surface area contributed by atoms with E-state index in [-0.39, 0.29) is 18.1 Å². The summed E-state index contributed by atoms with van der Waals surface area (Å²) in [6, 6.07) is 0.248. The first-order valence-electron chi connectivity index (χ1n) is 4.88. The summed E-state index contributed by atoms with van der Waals surface area (Å²) in [6.45, 7) is 7.81. The molecule has 2 nitrogen and oxygen atoms in total. The van der Waals surface area contributed by atoms with Gasteiger partial charge in [0.1, 0.15) is 0 Å². The molecule has 0 aromatic heterocycles. The molecule has 0 aliphatic heterocycles. The first-order valence-corrected chi connectivity index (χ1v) is 4.88. The number of rotatable bonds is 4. The largest absolute Gasteiger partial charge is 0.395 e. The highest BCUT2D eigenvalue weighted by molar-refractivity contribution is 4.83. The first kappa shape index (κ1) is 10.0. The lowest BCUT2D eigenvalue weighted by Gasteiger charge is -2.30. The second-order valence-corrected chi connectivity index (χ2v) is 4.95. The van der Waals surface area contributed by atoms with Crippen molar-refractivity contribution >= 4 is 0 Å². The van der Waals surface area contributed by atoms with Gasteiger partial charge in [-0.05, 0) is 30.7 Å². The van der Waals surface area contributed by atoms with Gasteiger partial charge in [0.2, 0.25) is 0 Å². The molecule has 1 aliphatic carbocycles. The molecule has 2 heteroatoms. The molecule has 0 radical (unpaired) electrons. The highest BCUT2D eigenvalue weighted by Crippen LogP contribution is 2.28. The minimum absolute atomic E-state index is 0.170. The van der Waals surface area contributed by atoms with Gasteiger partial charge in [0.25, 0.3) is 0 Å². The van der Waals surface area contributed by atoms with Crippen LogP contribution in [0.5, 0.6) is 0 Å². The summed E-state index contributed by atoms with van der Waals surface area (Å²) in [5, 5.41) is 12.6. The summed E-state index contributed by atoms with van der Waals surface area (Å²) in [4.78, 5) is 0. The molecule has 0 amide bonds. The monoisotopic (exact) mass is 171 g/mol. The van der Waals surface area contributed by atoms with Gasteiger partial charge in [0.05, 0.1) is 6.61 Å². The van der Waals surface area contributed by atoms with E-state index in [0.717, 1.165) is 12.5 Å². The van der Waals surface area contributed by atoms with Gasteiger partial charge in [-0.3, -0.25) is 0 Å². The Balaban J connectivity index is 2.23. The van der Waals surface area contributed by atoms with E-state index < -0.39 is 0 Å². The summed E-state index contributed by atoms with van der Waals surface area (Å²) in [6.07, 6.45) is 2.74. The zero-order valence-electron chi connectivity index (χ0n) is 8.43. The van der Waals surface area contributed by atoms with Crippen molar-refractivity contribution in [1.82, 2.24) is 5.32 Å². The summed E-state index contributed by atoms with van der Waals surface area (Å²) in [5.74, 6) is 0.890. The molecular weight excluding hydrogens is 150 g/mol. The summed E-state index contributed by atoms with van der Waals surface area (Å²) in [5.41, 5.74) is 0.170. The van der Waals surface area contributed by atoms with Crippen molar-refractivity contribution < 1.29 is 5.11 Å². The van der Waals surface area contributed by atoms with Crippen LogP contribution in [0.1, 0.15) is 33.6 Å². The maximum absolute atomic E-state index is 9.13. The van der Waals surface area contributed by atoms with E-state index in [1.807, 2.05) is 0 Å². The molecule has 0 spiro atoms. The zero-order valence-corrected chi connectivity index (χ0v) is 8.43. The number of aliphatic hydroxyl groups excluding tert-OH is 1. The Kier molecular flexibility index (Phi) is 3.13.